The van der Waals surface area contributed by atoms with Crippen LogP contribution in [-0.2, 0) is 10.1 Å². The Hall–Kier alpha value is -0.390. The van der Waals surface area contributed by atoms with E-state index in [4.69, 9.17) is 4.55 Å². The Kier molecular flexibility index (Phi) is 6.69. The van der Waals surface area contributed by atoms with Crippen molar-refractivity contribution in [3.63, 3.8) is 0 Å². The Morgan fingerprint density at radius 3 is 2.30 bits per heavy atom. The molecule has 20 heavy (non-hydrogen) atoms. The van der Waals surface area contributed by atoms with Gasteiger partial charge in [0.25, 0.3) is 10.1 Å². The first-order valence-corrected chi connectivity index (χ1v) is 9.28. The molecule has 0 unspecified atom stereocenters. The van der Waals surface area contributed by atoms with Crippen LogP contribution >= 0.6 is 0 Å². The van der Waals surface area contributed by atoms with E-state index in [0.717, 1.165) is 27.9 Å². The predicted molar refractivity (Wildman–Crippen MR) is 85.5 cm³/mol. The SMILES string of the molecule is CCCS(=O)(=O)O.Cc1cc2ccccc2c(C)[c]1[Na]. The third-order valence-electron chi connectivity index (χ3n) is 3.35. The summed E-state index contributed by atoms with van der Waals surface area (Å²) in [6.45, 7) is 6.13. The van der Waals surface area contributed by atoms with Crippen LogP contribution in [0.5, 0.6) is 0 Å². The quantitative estimate of drug-likeness (QED) is 0.685. The molecule has 2 aromatic carbocycles. The summed E-state index contributed by atoms with van der Waals surface area (Å²) < 4.78 is 29.1. The number of fused-ring (bicyclic) bond motifs is 1. The van der Waals surface area contributed by atoms with Crippen molar-refractivity contribution in [1.29, 1.82) is 0 Å². The van der Waals surface area contributed by atoms with Crippen molar-refractivity contribution in [1.82, 2.24) is 0 Å². The summed E-state index contributed by atoms with van der Waals surface area (Å²) in [6, 6.07) is 10.9. The van der Waals surface area contributed by atoms with Crippen molar-refractivity contribution in [2.45, 2.75) is 27.2 Å². The third-order valence-corrected chi connectivity index (χ3v) is 5.82. The second-order valence-corrected chi connectivity index (χ2v) is 7.52. The van der Waals surface area contributed by atoms with Crippen LogP contribution in [0.3, 0.4) is 0 Å². The predicted octanol–water partition coefficient (Wildman–Crippen LogP) is 2.53. The summed E-state index contributed by atoms with van der Waals surface area (Å²) in [5, 5.41) is 2.79. The van der Waals surface area contributed by atoms with Gasteiger partial charge in [-0.2, -0.15) is 8.42 Å². The fourth-order valence-corrected chi connectivity index (χ4v) is 2.99. The van der Waals surface area contributed by atoms with Crippen molar-refractivity contribution in [3.8, 4) is 0 Å². The third kappa shape index (κ3) is 5.19. The molecule has 0 spiro atoms. The summed E-state index contributed by atoms with van der Waals surface area (Å²) in [6.07, 6.45) is 0.471. The molecule has 0 aliphatic carbocycles. The summed E-state index contributed by atoms with van der Waals surface area (Å²) in [4.78, 5) is 0. The minimum atomic E-state index is -3.67. The molecule has 0 aliphatic heterocycles. The number of benzene rings is 2. The van der Waals surface area contributed by atoms with Crippen LogP contribution in [0.25, 0.3) is 10.8 Å². The van der Waals surface area contributed by atoms with Gasteiger partial charge < -0.3 is 0 Å². The van der Waals surface area contributed by atoms with Gasteiger partial charge in [0.15, 0.2) is 0 Å². The summed E-state index contributed by atoms with van der Waals surface area (Å²) in [7, 11) is -3.67. The standard InChI is InChI=1S/C12H11.C3H8O3S.Na/c1-9-7-10(2)12-6-4-3-5-11(12)8-9;1-2-3-7(4,5)6;/h3-6,8H,1-2H3;2-3H2,1H3,(H,4,5,6);. The van der Waals surface area contributed by atoms with Gasteiger partial charge in [-0.3, -0.25) is 4.55 Å². The van der Waals surface area contributed by atoms with E-state index in [0.29, 0.717) is 6.42 Å². The van der Waals surface area contributed by atoms with E-state index in [1.54, 1.807) is 9.74 Å². The zero-order valence-corrected chi connectivity index (χ0v) is 15.3. The molecule has 0 fully saturated rings. The van der Waals surface area contributed by atoms with Gasteiger partial charge >= 0.3 is 96.8 Å². The van der Waals surface area contributed by atoms with Crippen molar-refractivity contribution in [2.75, 3.05) is 5.75 Å². The first-order chi connectivity index (χ1) is 9.26. The van der Waals surface area contributed by atoms with Gasteiger partial charge in [0.1, 0.15) is 0 Å². The molecule has 0 aromatic heterocycles. The molecule has 5 heteroatoms. The molecule has 0 bridgehead atoms. The second kappa shape index (κ2) is 7.57. The first-order valence-electron chi connectivity index (χ1n) is 6.67. The van der Waals surface area contributed by atoms with Crippen LogP contribution in [-0.4, -0.2) is 46.7 Å². The molecule has 0 atom stereocenters. The maximum absolute atomic E-state index is 9.79. The van der Waals surface area contributed by atoms with E-state index in [1.807, 2.05) is 0 Å². The van der Waals surface area contributed by atoms with Gasteiger partial charge in [-0.15, -0.1) is 0 Å². The molecule has 2 aromatic rings. The first kappa shape index (κ1) is 17.7. The van der Waals surface area contributed by atoms with Crippen LogP contribution in [0.1, 0.15) is 24.5 Å². The van der Waals surface area contributed by atoms with Crippen molar-refractivity contribution < 1.29 is 13.0 Å². The van der Waals surface area contributed by atoms with E-state index in [9.17, 15) is 8.42 Å². The zero-order valence-electron chi connectivity index (χ0n) is 12.5. The maximum atomic E-state index is 9.79. The van der Waals surface area contributed by atoms with Gasteiger partial charge in [-0.1, -0.05) is 6.92 Å². The van der Waals surface area contributed by atoms with Gasteiger partial charge in [0.05, 0.1) is 5.75 Å². The Labute approximate surface area is 138 Å². The van der Waals surface area contributed by atoms with Gasteiger partial charge in [-0.05, 0) is 6.42 Å². The van der Waals surface area contributed by atoms with E-state index in [2.05, 4.69) is 44.2 Å². The number of aryl methyl sites for hydroxylation is 2. The molecule has 0 amide bonds. The molecule has 0 saturated carbocycles. The van der Waals surface area contributed by atoms with Crippen LogP contribution in [0.4, 0.5) is 0 Å². The van der Waals surface area contributed by atoms with Crippen LogP contribution in [0.2, 0.25) is 0 Å². The molecule has 3 nitrogen and oxygen atoms in total. The van der Waals surface area contributed by atoms with Gasteiger partial charge in [0, 0.05) is 0 Å². The normalized spacial score (nSPS) is 11.1. The van der Waals surface area contributed by atoms with E-state index in [-0.39, 0.29) is 5.75 Å². The monoisotopic (exact) mass is 302 g/mol. The van der Waals surface area contributed by atoms with Crippen LogP contribution in [0.15, 0.2) is 30.3 Å². The Morgan fingerprint density at radius 1 is 1.20 bits per heavy atom. The van der Waals surface area contributed by atoms with Crippen LogP contribution < -0.4 is 2.81 Å². The van der Waals surface area contributed by atoms with Crippen molar-refractivity contribution >= 4 is 51.6 Å². The molecule has 104 valence electrons. The average molecular weight is 302 g/mol. The van der Waals surface area contributed by atoms with Gasteiger partial charge in [-0.25, -0.2) is 0 Å². The summed E-state index contributed by atoms with van der Waals surface area (Å²) in [5.74, 6) is -0.132. The molecule has 0 radical (unpaired) electrons. The fraction of sp³-hybridized carbons (Fsp3) is 0.333. The molecule has 1 N–H and O–H groups in total. The summed E-state index contributed by atoms with van der Waals surface area (Å²) >= 11 is 1.15. The molecule has 0 heterocycles. The van der Waals surface area contributed by atoms with E-state index < -0.39 is 10.1 Å². The number of rotatable bonds is 2. The summed E-state index contributed by atoms with van der Waals surface area (Å²) in [5.41, 5.74) is 2.92. The topological polar surface area (TPSA) is 54.4 Å². The molecule has 0 saturated heterocycles. The fourth-order valence-electron chi connectivity index (χ4n) is 2.06. The minimum absolute atomic E-state index is 0.132. The molecule has 0 aliphatic rings. The van der Waals surface area contributed by atoms with Crippen molar-refractivity contribution in [3.05, 3.63) is 41.5 Å². The number of hydrogen-bond donors (Lipinski definition) is 1. The zero-order chi connectivity index (χ0) is 15.3. The Balaban J connectivity index is 0.000000246. The van der Waals surface area contributed by atoms with E-state index in [1.165, 1.54) is 21.9 Å². The molecular formula is C15H19NaO3S. The molecular weight excluding hydrogens is 283 g/mol. The van der Waals surface area contributed by atoms with Crippen molar-refractivity contribution in [2.24, 2.45) is 0 Å². The van der Waals surface area contributed by atoms with Gasteiger partial charge in [0.2, 0.25) is 0 Å². The Morgan fingerprint density at radius 2 is 1.80 bits per heavy atom. The number of hydrogen-bond acceptors (Lipinski definition) is 2. The second-order valence-electron chi connectivity index (χ2n) is 4.95. The Bertz CT molecular complexity index is 694. The molecule has 2 rings (SSSR count). The average Bonchev–Trinajstić information content (AvgIpc) is 2.35. The van der Waals surface area contributed by atoms with E-state index >= 15 is 0 Å². The van der Waals surface area contributed by atoms with Crippen LogP contribution in [0, 0.1) is 13.8 Å².